The number of carbonyl (C=O) groups is 1. The molecule has 0 radical (unpaired) electrons. The number of carbonyl (C=O) groups excluding carboxylic acids is 1. The van der Waals surface area contributed by atoms with E-state index in [-0.39, 0.29) is 23.1 Å². The Morgan fingerprint density at radius 3 is 2.44 bits per heavy atom. The summed E-state index contributed by atoms with van der Waals surface area (Å²) < 4.78 is 28.4. The van der Waals surface area contributed by atoms with Crippen LogP contribution in [-0.2, 0) is 15.0 Å². The lowest BCUT2D eigenvalue weighted by molar-refractivity contribution is -0.142. The van der Waals surface area contributed by atoms with E-state index in [0.717, 1.165) is 5.56 Å². The molecule has 0 aliphatic heterocycles. The molecule has 0 spiro atoms. The minimum atomic E-state index is -0.961. The number of hydroxylamine groups is 1. The lowest BCUT2D eigenvalue weighted by Gasteiger charge is -2.41. The Bertz CT molecular complexity index is 881. The molecule has 27 heavy (non-hydrogen) atoms. The molecule has 1 aromatic carbocycles. The zero-order valence-corrected chi connectivity index (χ0v) is 16.1. The molecule has 1 unspecified atom stereocenters. The first-order chi connectivity index (χ1) is 12.7. The van der Waals surface area contributed by atoms with Gasteiger partial charge >= 0.3 is 0 Å². The zero-order valence-electron chi connectivity index (χ0n) is 16.1. The fourth-order valence-corrected chi connectivity index (χ4v) is 4.36. The van der Waals surface area contributed by atoms with Gasteiger partial charge in [-0.05, 0) is 41.5 Å². The number of nitrogens with zero attached hydrogens (tertiary/aromatic N) is 2. The molecule has 2 atom stereocenters. The van der Waals surface area contributed by atoms with E-state index >= 15 is 0 Å². The van der Waals surface area contributed by atoms with Gasteiger partial charge in [-0.1, -0.05) is 33.8 Å². The quantitative estimate of drug-likeness (QED) is 0.824. The van der Waals surface area contributed by atoms with Crippen molar-refractivity contribution in [3.05, 3.63) is 47.2 Å². The van der Waals surface area contributed by atoms with Crippen molar-refractivity contribution in [3.63, 3.8) is 0 Å². The van der Waals surface area contributed by atoms with Crippen LogP contribution < -0.4 is 5.48 Å². The molecular weight excluding hydrogens is 352 g/mol. The summed E-state index contributed by atoms with van der Waals surface area (Å²) >= 11 is 0. The van der Waals surface area contributed by atoms with Crippen molar-refractivity contribution in [2.75, 3.05) is 7.11 Å². The van der Waals surface area contributed by atoms with E-state index in [1.165, 1.54) is 25.3 Å². The smallest absolute Gasteiger partial charge is 0.256 e. The third-order valence-electron chi connectivity index (χ3n) is 6.21. The fourth-order valence-electron chi connectivity index (χ4n) is 4.36. The SMILES string of the molecule is CCC1(C(=O)NOC)c2nnc(-c3c(F)cccc3F)cc2[C@@H](C)C1(C)C. The normalized spacial score (nSPS) is 23.1. The van der Waals surface area contributed by atoms with Gasteiger partial charge in [-0.3, -0.25) is 9.63 Å². The molecule has 144 valence electrons. The molecule has 1 N–H and O–H groups in total. The van der Waals surface area contributed by atoms with Gasteiger partial charge in [-0.25, -0.2) is 14.3 Å². The molecule has 1 aromatic heterocycles. The average Bonchev–Trinajstić information content (AvgIpc) is 2.79. The Balaban J connectivity index is 2.24. The Hall–Kier alpha value is -2.41. The average molecular weight is 375 g/mol. The van der Waals surface area contributed by atoms with Gasteiger partial charge in [0.2, 0.25) is 0 Å². The topological polar surface area (TPSA) is 64.1 Å². The molecule has 5 nitrogen and oxygen atoms in total. The standard InChI is InChI=1S/C20H23F2N3O2/c1-6-20(18(26)25-27-5)17-12(11(2)19(20,3)4)10-15(23-24-17)16-13(21)8-7-9-14(16)22/h7-11H,6H2,1-5H3,(H,25,26)/t11-,20?/m1/s1. The van der Waals surface area contributed by atoms with Gasteiger partial charge in [0.25, 0.3) is 5.91 Å². The summed E-state index contributed by atoms with van der Waals surface area (Å²) in [5.41, 5.74) is 2.16. The van der Waals surface area contributed by atoms with E-state index < -0.39 is 22.5 Å². The summed E-state index contributed by atoms with van der Waals surface area (Å²) in [5, 5.41) is 8.37. The first-order valence-corrected chi connectivity index (χ1v) is 8.88. The largest absolute Gasteiger partial charge is 0.277 e. The molecule has 0 fully saturated rings. The van der Waals surface area contributed by atoms with Gasteiger partial charge in [0.05, 0.1) is 24.1 Å². The lowest BCUT2D eigenvalue weighted by atomic mass is 9.62. The summed E-state index contributed by atoms with van der Waals surface area (Å²) in [7, 11) is 1.38. The van der Waals surface area contributed by atoms with Crippen LogP contribution in [0.5, 0.6) is 0 Å². The summed E-state index contributed by atoms with van der Waals surface area (Å²) in [4.78, 5) is 17.8. The molecule has 3 rings (SSSR count). The molecular formula is C20H23F2N3O2. The van der Waals surface area contributed by atoms with Crippen molar-refractivity contribution in [1.82, 2.24) is 15.7 Å². The van der Waals surface area contributed by atoms with Crippen LogP contribution in [0.4, 0.5) is 8.78 Å². The third-order valence-corrected chi connectivity index (χ3v) is 6.21. The highest BCUT2D eigenvalue weighted by molar-refractivity contribution is 5.90. The molecule has 1 aliphatic rings. The maximum atomic E-state index is 14.2. The van der Waals surface area contributed by atoms with Crippen molar-refractivity contribution in [1.29, 1.82) is 0 Å². The highest BCUT2D eigenvalue weighted by atomic mass is 19.1. The molecule has 1 amide bonds. The molecule has 1 aliphatic carbocycles. The number of hydrogen-bond acceptors (Lipinski definition) is 4. The maximum absolute atomic E-state index is 14.2. The number of aromatic nitrogens is 2. The maximum Gasteiger partial charge on any atom is 0.256 e. The Kier molecular flexibility index (Phi) is 4.76. The Morgan fingerprint density at radius 2 is 1.89 bits per heavy atom. The number of amides is 1. The van der Waals surface area contributed by atoms with Gasteiger partial charge in [-0.15, -0.1) is 5.10 Å². The van der Waals surface area contributed by atoms with E-state index in [0.29, 0.717) is 12.1 Å². The first kappa shape index (κ1) is 19.4. The van der Waals surface area contributed by atoms with Crippen LogP contribution in [0.25, 0.3) is 11.3 Å². The van der Waals surface area contributed by atoms with Gasteiger partial charge < -0.3 is 0 Å². The van der Waals surface area contributed by atoms with Crippen LogP contribution in [0.1, 0.15) is 51.3 Å². The molecule has 0 bridgehead atoms. The second kappa shape index (κ2) is 6.64. The second-order valence-electron chi connectivity index (χ2n) is 7.47. The predicted molar refractivity (Wildman–Crippen MR) is 96.7 cm³/mol. The summed E-state index contributed by atoms with van der Waals surface area (Å²) in [6.07, 6.45) is 0.481. The van der Waals surface area contributed by atoms with E-state index in [4.69, 9.17) is 4.84 Å². The monoisotopic (exact) mass is 375 g/mol. The number of fused-ring (bicyclic) bond motifs is 1. The third kappa shape index (κ3) is 2.56. The minimum absolute atomic E-state index is 0.0841. The van der Waals surface area contributed by atoms with Gasteiger partial charge in [-0.2, -0.15) is 5.10 Å². The number of halogens is 2. The van der Waals surface area contributed by atoms with E-state index in [2.05, 4.69) is 15.7 Å². The van der Waals surface area contributed by atoms with Crippen molar-refractivity contribution in [2.45, 2.75) is 45.4 Å². The Labute approximate surface area is 157 Å². The Morgan fingerprint density at radius 1 is 1.26 bits per heavy atom. The van der Waals surface area contributed by atoms with E-state index in [1.807, 2.05) is 27.7 Å². The van der Waals surface area contributed by atoms with E-state index in [1.54, 1.807) is 6.07 Å². The van der Waals surface area contributed by atoms with Crippen molar-refractivity contribution in [3.8, 4) is 11.3 Å². The van der Waals surface area contributed by atoms with Crippen LogP contribution in [0.2, 0.25) is 0 Å². The minimum Gasteiger partial charge on any atom is -0.277 e. The highest BCUT2D eigenvalue weighted by Crippen LogP contribution is 2.59. The summed E-state index contributed by atoms with van der Waals surface area (Å²) in [6.45, 7) is 7.87. The molecule has 2 aromatic rings. The second-order valence-corrected chi connectivity index (χ2v) is 7.47. The first-order valence-electron chi connectivity index (χ1n) is 8.88. The molecule has 1 heterocycles. The summed E-state index contributed by atoms with van der Waals surface area (Å²) in [6, 6.07) is 5.32. The van der Waals surface area contributed by atoms with Crippen LogP contribution in [0, 0.1) is 17.0 Å². The van der Waals surface area contributed by atoms with Gasteiger partial charge in [0, 0.05) is 0 Å². The predicted octanol–water partition coefficient (Wildman–Crippen LogP) is 3.89. The molecule has 7 heteroatoms. The number of nitrogens with one attached hydrogen (secondary N) is 1. The fraction of sp³-hybridized carbons (Fsp3) is 0.450. The highest BCUT2D eigenvalue weighted by Gasteiger charge is 2.61. The summed E-state index contributed by atoms with van der Waals surface area (Å²) in [5.74, 6) is -1.79. The van der Waals surface area contributed by atoms with Crippen molar-refractivity contribution < 1.29 is 18.4 Å². The number of benzene rings is 1. The number of rotatable bonds is 4. The molecule has 0 saturated carbocycles. The van der Waals surface area contributed by atoms with Crippen LogP contribution >= 0.6 is 0 Å². The van der Waals surface area contributed by atoms with Crippen molar-refractivity contribution >= 4 is 5.91 Å². The molecule has 0 saturated heterocycles. The van der Waals surface area contributed by atoms with E-state index in [9.17, 15) is 13.6 Å². The zero-order chi connectivity index (χ0) is 20.0. The van der Waals surface area contributed by atoms with Crippen molar-refractivity contribution in [2.24, 2.45) is 5.41 Å². The van der Waals surface area contributed by atoms with Crippen LogP contribution in [-0.4, -0.2) is 23.2 Å². The van der Waals surface area contributed by atoms with Gasteiger partial charge in [0.15, 0.2) is 0 Å². The van der Waals surface area contributed by atoms with Crippen LogP contribution in [0.3, 0.4) is 0 Å². The van der Waals surface area contributed by atoms with Gasteiger partial charge in [0.1, 0.15) is 17.0 Å². The number of hydrogen-bond donors (Lipinski definition) is 1. The van der Waals surface area contributed by atoms with Crippen LogP contribution in [0.15, 0.2) is 24.3 Å². The lowest BCUT2D eigenvalue weighted by Crippen LogP contribution is -2.52.